The normalized spacial score (nSPS) is 49.2. The van der Waals surface area contributed by atoms with Crippen LogP contribution >= 0.6 is 0 Å². The molecule has 1 aliphatic rings. The van der Waals surface area contributed by atoms with E-state index in [9.17, 15) is 5.11 Å². The molecule has 0 aromatic rings. The van der Waals surface area contributed by atoms with Crippen LogP contribution < -0.4 is 0 Å². The zero-order valence-electron chi connectivity index (χ0n) is 6.87. The van der Waals surface area contributed by atoms with Gasteiger partial charge in [-0.2, -0.15) is 0 Å². The highest BCUT2D eigenvalue weighted by atomic mass is 16.5. The van der Waals surface area contributed by atoms with Crippen LogP contribution in [0.15, 0.2) is 0 Å². The Labute approximate surface area is 62.2 Å². The molecule has 2 heteroatoms. The molecule has 10 heavy (non-hydrogen) atoms. The Balaban J connectivity index is 2.49. The number of rotatable bonds is 0. The second-order valence-corrected chi connectivity index (χ2v) is 3.36. The number of hydrogen-bond donors (Lipinski definition) is 1. The summed E-state index contributed by atoms with van der Waals surface area (Å²) in [5.41, 5.74) is 0. The van der Waals surface area contributed by atoms with Crippen molar-refractivity contribution in [1.29, 1.82) is 0 Å². The van der Waals surface area contributed by atoms with Gasteiger partial charge in [-0.3, -0.25) is 0 Å². The maximum absolute atomic E-state index is 9.44. The second kappa shape index (κ2) is 2.89. The molecule has 0 aliphatic carbocycles. The first-order valence-electron chi connectivity index (χ1n) is 3.94. The molecule has 2 nitrogen and oxygen atoms in total. The van der Waals surface area contributed by atoms with Gasteiger partial charge in [0.25, 0.3) is 0 Å². The first-order chi connectivity index (χ1) is 4.61. The number of ether oxygens (including phenoxy) is 1. The topological polar surface area (TPSA) is 29.5 Å². The highest BCUT2D eigenvalue weighted by molar-refractivity contribution is 4.78. The standard InChI is InChI=1S/C8H16O2/c1-5-4-6(2)10-7(3)8(5)9/h5-9H,4H2,1-3H3/t5?,6-,7?,8+/m0/s1. The van der Waals surface area contributed by atoms with E-state index in [0.717, 1.165) is 6.42 Å². The average molecular weight is 144 g/mol. The Bertz CT molecular complexity index is 102. The molecule has 0 bridgehead atoms. The van der Waals surface area contributed by atoms with Gasteiger partial charge in [-0.05, 0) is 26.2 Å². The third-order valence-corrected chi connectivity index (χ3v) is 2.21. The SMILES string of the molecule is CC1C[C@H](C)OC(C)[C@@H]1O. The molecule has 0 saturated carbocycles. The molecule has 0 aromatic carbocycles. The lowest BCUT2D eigenvalue weighted by atomic mass is 9.92. The van der Waals surface area contributed by atoms with E-state index in [-0.39, 0.29) is 12.2 Å². The monoisotopic (exact) mass is 144 g/mol. The minimum absolute atomic E-state index is 0.0127. The fourth-order valence-corrected chi connectivity index (χ4v) is 1.63. The third-order valence-electron chi connectivity index (χ3n) is 2.21. The molecule has 0 spiro atoms. The summed E-state index contributed by atoms with van der Waals surface area (Å²) in [5, 5.41) is 9.44. The molecule has 1 rings (SSSR count). The fourth-order valence-electron chi connectivity index (χ4n) is 1.63. The number of aliphatic hydroxyl groups excluding tert-OH is 1. The minimum atomic E-state index is -0.267. The van der Waals surface area contributed by atoms with Crippen molar-refractivity contribution in [3.05, 3.63) is 0 Å². The lowest BCUT2D eigenvalue weighted by molar-refractivity contribution is -0.126. The summed E-state index contributed by atoms with van der Waals surface area (Å²) in [6.45, 7) is 6.05. The Kier molecular flexibility index (Phi) is 2.32. The van der Waals surface area contributed by atoms with Crippen LogP contribution in [0, 0.1) is 5.92 Å². The summed E-state index contributed by atoms with van der Waals surface area (Å²) in [5.74, 6) is 0.388. The molecule has 0 radical (unpaired) electrons. The summed E-state index contributed by atoms with van der Waals surface area (Å²) in [6.07, 6.45) is 1.04. The van der Waals surface area contributed by atoms with Crippen molar-refractivity contribution in [3.63, 3.8) is 0 Å². The Hall–Kier alpha value is -0.0800. The van der Waals surface area contributed by atoms with E-state index in [2.05, 4.69) is 13.8 Å². The van der Waals surface area contributed by atoms with Crippen molar-refractivity contribution < 1.29 is 9.84 Å². The van der Waals surface area contributed by atoms with Gasteiger partial charge in [-0.1, -0.05) is 6.92 Å². The van der Waals surface area contributed by atoms with Crippen LogP contribution in [0.1, 0.15) is 27.2 Å². The molecule has 4 atom stereocenters. The molecule has 1 saturated heterocycles. The fraction of sp³-hybridized carbons (Fsp3) is 1.00. The minimum Gasteiger partial charge on any atom is -0.390 e. The Morgan fingerprint density at radius 2 is 1.90 bits per heavy atom. The predicted octanol–water partition coefficient (Wildman–Crippen LogP) is 1.18. The summed E-state index contributed by atoms with van der Waals surface area (Å²) in [7, 11) is 0. The zero-order valence-corrected chi connectivity index (χ0v) is 6.87. The van der Waals surface area contributed by atoms with Gasteiger partial charge in [0.2, 0.25) is 0 Å². The quantitative estimate of drug-likeness (QED) is 0.553. The van der Waals surface area contributed by atoms with Gasteiger partial charge in [-0.15, -0.1) is 0 Å². The van der Waals surface area contributed by atoms with Crippen LogP contribution in [-0.4, -0.2) is 23.4 Å². The van der Waals surface area contributed by atoms with Crippen LogP contribution in [0.3, 0.4) is 0 Å². The van der Waals surface area contributed by atoms with Crippen LogP contribution in [0.25, 0.3) is 0 Å². The van der Waals surface area contributed by atoms with Crippen LogP contribution in [-0.2, 0) is 4.74 Å². The molecule has 1 N–H and O–H groups in total. The smallest absolute Gasteiger partial charge is 0.0825 e. The van der Waals surface area contributed by atoms with Gasteiger partial charge >= 0.3 is 0 Å². The van der Waals surface area contributed by atoms with Crippen molar-refractivity contribution in [1.82, 2.24) is 0 Å². The van der Waals surface area contributed by atoms with Gasteiger partial charge in [0.15, 0.2) is 0 Å². The van der Waals surface area contributed by atoms with Crippen LogP contribution in [0.5, 0.6) is 0 Å². The van der Waals surface area contributed by atoms with E-state index >= 15 is 0 Å². The highest BCUT2D eigenvalue weighted by Gasteiger charge is 2.29. The third kappa shape index (κ3) is 1.50. The van der Waals surface area contributed by atoms with E-state index in [1.807, 2.05) is 6.92 Å². The van der Waals surface area contributed by atoms with Gasteiger partial charge in [0, 0.05) is 0 Å². The average Bonchev–Trinajstić information content (AvgIpc) is 1.82. The van der Waals surface area contributed by atoms with E-state index in [1.54, 1.807) is 0 Å². The summed E-state index contributed by atoms with van der Waals surface area (Å²) >= 11 is 0. The predicted molar refractivity (Wildman–Crippen MR) is 39.8 cm³/mol. The molecule has 1 fully saturated rings. The van der Waals surface area contributed by atoms with Gasteiger partial charge < -0.3 is 9.84 Å². The zero-order chi connectivity index (χ0) is 7.72. The van der Waals surface area contributed by atoms with E-state index in [0.29, 0.717) is 12.0 Å². The molecular weight excluding hydrogens is 128 g/mol. The van der Waals surface area contributed by atoms with Crippen molar-refractivity contribution in [2.75, 3.05) is 0 Å². The summed E-state index contributed by atoms with van der Waals surface area (Å²) < 4.78 is 5.42. The maximum atomic E-state index is 9.44. The lowest BCUT2D eigenvalue weighted by Crippen LogP contribution is -2.41. The van der Waals surface area contributed by atoms with Crippen LogP contribution in [0.4, 0.5) is 0 Å². The molecule has 2 unspecified atom stereocenters. The molecule has 1 aliphatic heterocycles. The second-order valence-electron chi connectivity index (χ2n) is 3.36. The first kappa shape index (κ1) is 8.02. The number of hydrogen-bond acceptors (Lipinski definition) is 2. The largest absolute Gasteiger partial charge is 0.390 e. The summed E-state index contributed by atoms with van der Waals surface area (Å²) in [4.78, 5) is 0. The van der Waals surface area contributed by atoms with Crippen molar-refractivity contribution in [2.45, 2.75) is 45.5 Å². The van der Waals surface area contributed by atoms with Crippen molar-refractivity contribution in [2.24, 2.45) is 5.92 Å². The Morgan fingerprint density at radius 3 is 2.40 bits per heavy atom. The number of aliphatic hydroxyl groups is 1. The highest BCUT2D eigenvalue weighted by Crippen LogP contribution is 2.24. The lowest BCUT2D eigenvalue weighted by Gasteiger charge is -2.34. The molecule has 0 aromatic heterocycles. The Morgan fingerprint density at radius 1 is 1.30 bits per heavy atom. The van der Waals surface area contributed by atoms with Gasteiger partial charge in [0.05, 0.1) is 18.3 Å². The maximum Gasteiger partial charge on any atom is 0.0825 e. The van der Waals surface area contributed by atoms with E-state index in [1.165, 1.54) is 0 Å². The summed E-state index contributed by atoms with van der Waals surface area (Å²) in [6, 6.07) is 0. The van der Waals surface area contributed by atoms with Gasteiger partial charge in [-0.25, -0.2) is 0 Å². The van der Waals surface area contributed by atoms with Gasteiger partial charge in [0.1, 0.15) is 0 Å². The molecule has 1 heterocycles. The van der Waals surface area contributed by atoms with Crippen LogP contribution in [0.2, 0.25) is 0 Å². The van der Waals surface area contributed by atoms with E-state index in [4.69, 9.17) is 4.74 Å². The molecule has 60 valence electrons. The molecule has 0 amide bonds. The molecular formula is C8H16O2. The van der Waals surface area contributed by atoms with Crippen molar-refractivity contribution in [3.8, 4) is 0 Å². The van der Waals surface area contributed by atoms with E-state index < -0.39 is 0 Å². The first-order valence-corrected chi connectivity index (χ1v) is 3.94. The van der Waals surface area contributed by atoms with Crippen molar-refractivity contribution >= 4 is 0 Å².